The average molecular weight is 412 g/mol. The van der Waals surface area contributed by atoms with Crippen LogP contribution in [0.2, 0.25) is 5.02 Å². The van der Waals surface area contributed by atoms with Crippen LogP contribution in [0.15, 0.2) is 61.2 Å². The van der Waals surface area contributed by atoms with E-state index in [2.05, 4.69) is 10.3 Å². The van der Waals surface area contributed by atoms with Crippen LogP contribution < -0.4 is 14.8 Å². The average Bonchev–Trinajstić information content (AvgIpc) is 3.26. The maximum Gasteiger partial charge on any atom is 0.244 e. The van der Waals surface area contributed by atoms with Gasteiger partial charge < -0.3 is 19.4 Å². The third-order valence-corrected chi connectivity index (χ3v) is 4.72. The van der Waals surface area contributed by atoms with Crippen LogP contribution in [0, 0.1) is 0 Å². The molecule has 150 valence electrons. The van der Waals surface area contributed by atoms with E-state index >= 15 is 0 Å². The van der Waals surface area contributed by atoms with E-state index < -0.39 is 0 Å². The highest BCUT2D eigenvalue weighted by Crippen LogP contribution is 2.36. The maximum absolute atomic E-state index is 12.3. The van der Waals surface area contributed by atoms with Crippen molar-refractivity contribution in [3.63, 3.8) is 0 Å². The molecule has 0 aliphatic heterocycles. The molecule has 0 radical (unpaired) electrons. The molecule has 1 aromatic heterocycles. The van der Waals surface area contributed by atoms with Gasteiger partial charge in [0.15, 0.2) is 11.5 Å². The van der Waals surface area contributed by atoms with Crippen molar-refractivity contribution < 1.29 is 14.3 Å². The van der Waals surface area contributed by atoms with Crippen molar-refractivity contribution in [2.24, 2.45) is 0 Å². The Bertz CT molecular complexity index is 999. The molecule has 1 heterocycles. The van der Waals surface area contributed by atoms with Crippen molar-refractivity contribution >= 4 is 23.6 Å². The molecule has 3 rings (SSSR count). The summed E-state index contributed by atoms with van der Waals surface area (Å²) in [6.45, 7) is 1.94. The molecule has 3 aromatic rings. The van der Waals surface area contributed by atoms with Crippen molar-refractivity contribution in [1.82, 2.24) is 14.9 Å². The van der Waals surface area contributed by atoms with Crippen molar-refractivity contribution in [3.8, 4) is 17.2 Å². The third-order valence-electron chi connectivity index (χ3n) is 4.44. The highest BCUT2D eigenvalue weighted by atomic mass is 35.5. The van der Waals surface area contributed by atoms with Crippen molar-refractivity contribution in [3.05, 3.63) is 77.3 Å². The molecule has 0 saturated heterocycles. The first-order valence-electron chi connectivity index (χ1n) is 9.00. The Labute approximate surface area is 174 Å². The van der Waals surface area contributed by atoms with Gasteiger partial charge in [-0.3, -0.25) is 4.79 Å². The van der Waals surface area contributed by atoms with Gasteiger partial charge in [-0.05, 0) is 48.4 Å². The molecule has 1 atom stereocenters. The van der Waals surface area contributed by atoms with Gasteiger partial charge in [0.1, 0.15) is 0 Å². The minimum atomic E-state index is -0.206. The van der Waals surface area contributed by atoms with Gasteiger partial charge in [0.2, 0.25) is 5.91 Å². The van der Waals surface area contributed by atoms with E-state index in [1.54, 1.807) is 30.7 Å². The van der Waals surface area contributed by atoms with E-state index in [1.807, 2.05) is 42.0 Å². The lowest BCUT2D eigenvalue weighted by Crippen LogP contribution is -2.24. The highest BCUT2D eigenvalue weighted by molar-refractivity contribution is 6.32. The quantitative estimate of drug-likeness (QED) is 0.584. The fourth-order valence-corrected chi connectivity index (χ4v) is 3.19. The zero-order chi connectivity index (χ0) is 20.8. The minimum Gasteiger partial charge on any atom is -0.493 e. The minimum absolute atomic E-state index is 0.141. The Morgan fingerprint density at radius 2 is 1.97 bits per heavy atom. The Kier molecular flexibility index (Phi) is 6.57. The van der Waals surface area contributed by atoms with Gasteiger partial charge in [-0.25, -0.2) is 4.98 Å². The second-order valence-electron chi connectivity index (χ2n) is 6.36. The monoisotopic (exact) mass is 411 g/mol. The number of hydrogen-bond donors (Lipinski definition) is 1. The van der Waals surface area contributed by atoms with Gasteiger partial charge in [0.05, 0.1) is 31.6 Å². The van der Waals surface area contributed by atoms with E-state index in [1.165, 1.54) is 20.3 Å². The Hall–Kier alpha value is -3.25. The Balaban J connectivity index is 1.65. The summed E-state index contributed by atoms with van der Waals surface area (Å²) in [7, 11) is 3.06. The summed E-state index contributed by atoms with van der Waals surface area (Å²) >= 11 is 6.20. The molecule has 7 heteroatoms. The lowest BCUT2D eigenvalue weighted by atomic mass is 10.1. The fraction of sp³-hybridized carbons (Fsp3) is 0.182. The van der Waals surface area contributed by atoms with Crippen LogP contribution in [0.25, 0.3) is 11.8 Å². The lowest BCUT2D eigenvalue weighted by molar-refractivity contribution is -0.117. The number of ether oxygens (including phenoxy) is 2. The molecule has 0 aliphatic carbocycles. The van der Waals surface area contributed by atoms with Crippen molar-refractivity contribution in [2.45, 2.75) is 13.0 Å². The summed E-state index contributed by atoms with van der Waals surface area (Å²) in [6.07, 6.45) is 8.50. The SMILES string of the molecule is COc1cc(C=CC(=O)NC(C)c2ccc(-n3ccnc3)cc2)cc(Cl)c1OC. The molecule has 29 heavy (non-hydrogen) atoms. The number of carbonyl (C=O) groups is 1. The molecule has 1 N–H and O–H groups in total. The smallest absolute Gasteiger partial charge is 0.244 e. The van der Waals surface area contributed by atoms with Crippen LogP contribution in [0.3, 0.4) is 0 Å². The summed E-state index contributed by atoms with van der Waals surface area (Å²) < 4.78 is 12.4. The molecule has 0 saturated carbocycles. The first kappa shape index (κ1) is 20.5. The van der Waals surface area contributed by atoms with Gasteiger partial charge in [0.25, 0.3) is 0 Å². The number of halogens is 1. The predicted molar refractivity (Wildman–Crippen MR) is 114 cm³/mol. The summed E-state index contributed by atoms with van der Waals surface area (Å²) in [5.74, 6) is 0.761. The van der Waals surface area contributed by atoms with Crippen LogP contribution >= 0.6 is 11.6 Å². The van der Waals surface area contributed by atoms with E-state index in [0.717, 1.165) is 16.8 Å². The normalized spacial score (nSPS) is 12.0. The number of aromatic nitrogens is 2. The highest BCUT2D eigenvalue weighted by Gasteiger charge is 2.11. The van der Waals surface area contributed by atoms with E-state index in [9.17, 15) is 4.79 Å². The lowest BCUT2D eigenvalue weighted by Gasteiger charge is -2.14. The van der Waals surface area contributed by atoms with Crippen LogP contribution in [0.5, 0.6) is 11.5 Å². The van der Waals surface area contributed by atoms with E-state index in [4.69, 9.17) is 21.1 Å². The summed E-state index contributed by atoms with van der Waals surface area (Å²) in [5.41, 5.74) is 2.75. The standard InChI is InChI=1S/C22H22ClN3O3/c1-15(17-5-7-18(8-6-17)26-11-10-24-14-26)25-21(27)9-4-16-12-19(23)22(29-3)20(13-16)28-2/h4-15H,1-3H3,(H,25,27). The molecule has 1 unspecified atom stereocenters. The van der Waals surface area contributed by atoms with Gasteiger partial charge in [-0.15, -0.1) is 0 Å². The van der Waals surface area contributed by atoms with Gasteiger partial charge >= 0.3 is 0 Å². The zero-order valence-electron chi connectivity index (χ0n) is 16.4. The number of imidazole rings is 1. The number of nitrogens with zero attached hydrogens (tertiary/aromatic N) is 2. The first-order chi connectivity index (χ1) is 14.0. The molecule has 0 bridgehead atoms. The molecule has 6 nitrogen and oxygen atoms in total. The number of methoxy groups -OCH3 is 2. The van der Waals surface area contributed by atoms with Crippen LogP contribution in [-0.2, 0) is 4.79 Å². The number of nitrogens with one attached hydrogen (secondary N) is 1. The topological polar surface area (TPSA) is 65.4 Å². The number of carbonyl (C=O) groups excluding carboxylic acids is 1. The number of benzene rings is 2. The van der Waals surface area contributed by atoms with Crippen LogP contribution in [-0.4, -0.2) is 29.7 Å². The number of hydrogen-bond acceptors (Lipinski definition) is 4. The zero-order valence-corrected chi connectivity index (χ0v) is 17.2. The van der Waals surface area contributed by atoms with Crippen LogP contribution in [0.1, 0.15) is 24.1 Å². The molecule has 0 aliphatic rings. The van der Waals surface area contributed by atoms with E-state index in [0.29, 0.717) is 16.5 Å². The van der Waals surface area contributed by atoms with Gasteiger partial charge in [-0.1, -0.05) is 23.7 Å². The third kappa shape index (κ3) is 4.97. The number of amides is 1. The second kappa shape index (κ2) is 9.30. The largest absolute Gasteiger partial charge is 0.493 e. The summed E-state index contributed by atoms with van der Waals surface area (Å²) in [6, 6.07) is 11.3. The molecule has 0 fully saturated rings. The van der Waals surface area contributed by atoms with Gasteiger partial charge in [0, 0.05) is 24.2 Å². The predicted octanol–water partition coefficient (Wildman–Crippen LogP) is 4.43. The Morgan fingerprint density at radius 3 is 2.59 bits per heavy atom. The summed E-state index contributed by atoms with van der Waals surface area (Å²) in [5, 5.41) is 3.37. The first-order valence-corrected chi connectivity index (χ1v) is 9.38. The second-order valence-corrected chi connectivity index (χ2v) is 6.77. The molecule has 0 spiro atoms. The molecule has 2 aromatic carbocycles. The van der Waals surface area contributed by atoms with Gasteiger partial charge in [-0.2, -0.15) is 0 Å². The molecular weight excluding hydrogens is 390 g/mol. The number of rotatable bonds is 7. The summed E-state index contributed by atoms with van der Waals surface area (Å²) in [4.78, 5) is 16.4. The van der Waals surface area contributed by atoms with Crippen molar-refractivity contribution in [1.29, 1.82) is 0 Å². The fourth-order valence-electron chi connectivity index (χ4n) is 2.90. The molecular formula is C22H22ClN3O3. The maximum atomic E-state index is 12.3. The Morgan fingerprint density at radius 1 is 1.21 bits per heavy atom. The van der Waals surface area contributed by atoms with Crippen LogP contribution in [0.4, 0.5) is 0 Å². The van der Waals surface area contributed by atoms with Crippen molar-refractivity contribution in [2.75, 3.05) is 14.2 Å². The molecule has 1 amide bonds. The van der Waals surface area contributed by atoms with E-state index in [-0.39, 0.29) is 11.9 Å².